The van der Waals surface area contributed by atoms with Crippen molar-refractivity contribution in [3.8, 4) is 0 Å². The maximum Gasteiger partial charge on any atom is 0.103 e. The van der Waals surface area contributed by atoms with E-state index in [1.807, 2.05) is 6.08 Å². The van der Waals surface area contributed by atoms with E-state index in [4.69, 9.17) is 23.2 Å². The molecule has 0 bridgehead atoms. The smallest absolute Gasteiger partial charge is 0.0712 e. The number of hydrogen-bond donors (Lipinski definition) is 0. The normalized spacial score (nSPS) is 11.4. The minimum atomic E-state index is 0.221. The van der Waals surface area contributed by atoms with Crippen molar-refractivity contribution >= 4 is 23.2 Å². The average molecular weight is 195 g/mol. The van der Waals surface area contributed by atoms with E-state index in [1.165, 1.54) is 0 Å². The predicted octanol–water partition coefficient (Wildman–Crippen LogP) is 4.52. The second-order valence-corrected chi connectivity index (χ2v) is 3.86. The lowest BCUT2D eigenvalue weighted by Crippen LogP contribution is -2.13. The summed E-state index contributed by atoms with van der Waals surface area (Å²) in [5.74, 6) is 0. The van der Waals surface area contributed by atoms with Crippen molar-refractivity contribution in [2.75, 3.05) is 0 Å². The van der Waals surface area contributed by atoms with Crippen LogP contribution in [0.15, 0.2) is 10.6 Å². The Morgan fingerprint density at radius 2 is 1.45 bits per heavy atom. The third-order valence-corrected chi connectivity index (χ3v) is 2.75. The highest BCUT2D eigenvalue weighted by atomic mass is 35.5. The van der Waals surface area contributed by atoms with Gasteiger partial charge in [-0.25, -0.2) is 0 Å². The monoisotopic (exact) mass is 194 g/mol. The Hall–Kier alpha value is 0.320. The van der Waals surface area contributed by atoms with Gasteiger partial charge < -0.3 is 0 Å². The highest BCUT2D eigenvalue weighted by Gasteiger charge is 2.20. The van der Waals surface area contributed by atoms with Crippen LogP contribution in [0.4, 0.5) is 0 Å². The minimum absolute atomic E-state index is 0.221. The summed E-state index contributed by atoms with van der Waals surface area (Å²) in [6.07, 6.45) is 5.27. The summed E-state index contributed by atoms with van der Waals surface area (Å²) in [7, 11) is 0. The van der Waals surface area contributed by atoms with E-state index in [2.05, 4.69) is 20.8 Å². The first-order valence-corrected chi connectivity index (χ1v) is 4.89. The van der Waals surface area contributed by atoms with Crippen molar-refractivity contribution in [1.82, 2.24) is 0 Å². The molecule has 0 atom stereocenters. The Bertz CT molecular complexity index is 122. The lowest BCUT2D eigenvalue weighted by molar-refractivity contribution is 0.339. The van der Waals surface area contributed by atoms with Crippen molar-refractivity contribution in [3.63, 3.8) is 0 Å². The van der Waals surface area contributed by atoms with E-state index in [1.54, 1.807) is 0 Å². The quantitative estimate of drug-likeness (QED) is 0.618. The molecule has 0 unspecified atom stereocenters. The molecule has 2 heteroatoms. The van der Waals surface area contributed by atoms with E-state index in [9.17, 15) is 0 Å². The Morgan fingerprint density at radius 3 is 1.55 bits per heavy atom. The molecule has 0 aliphatic rings. The van der Waals surface area contributed by atoms with Crippen molar-refractivity contribution in [3.05, 3.63) is 10.6 Å². The lowest BCUT2D eigenvalue weighted by atomic mass is 9.80. The van der Waals surface area contributed by atoms with Crippen LogP contribution in [0, 0.1) is 5.41 Å². The fourth-order valence-electron chi connectivity index (χ4n) is 1.29. The molecule has 11 heavy (non-hydrogen) atoms. The molecule has 0 fully saturated rings. The average Bonchev–Trinajstić information content (AvgIpc) is 2.00. The maximum atomic E-state index is 5.62. The number of allylic oxidation sites excluding steroid dienone is 1. The Kier molecular flexibility index (Phi) is 5.20. The van der Waals surface area contributed by atoms with Gasteiger partial charge in [-0.15, -0.1) is 0 Å². The highest BCUT2D eigenvalue weighted by molar-refractivity contribution is 6.55. The third kappa shape index (κ3) is 3.48. The molecule has 0 aliphatic carbocycles. The van der Waals surface area contributed by atoms with Gasteiger partial charge in [-0.2, -0.15) is 0 Å². The van der Waals surface area contributed by atoms with Crippen LogP contribution in [-0.4, -0.2) is 0 Å². The van der Waals surface area contributed by atoms with Gasteiger partial charge in [0, 0.05) is 0 Å². The molecule has 0 aliphatic heterocycles. The van der Waals surface area contributed by atoms with Crippen LogP contribution in [0.3, 0.4) is 0 Å². The van der Waals surface area contributed by atoms with E-state index in [-0.39, 0.29) is 5.41 Å². The zero-order valence-corrected chi connectivity index (χ0v) is 8.97. The van der Waals surface area contributed by atoms with Gasteiger partial charge in [0.15, 0.2) is 0 Å². The van der Waals surface area contributed by atoms with E-state index in [0.29, 0.717) is 4.49 Å². The standard InChI is InChI=1S/C9H16Cl2/c1-4-9(5-2,6-3)7-8(10)11/h7H,4-6H2,1-3H3. The van der Waals surface area contributed by atoms with Crippen LogP contribution in [-0.2, 0) is 0 Å². The molecule has 0 spiro atoms. The topological polar surface area (TPSA) is 0 Å². The molecule has 0 saturated heterocycles. The van der Waals surface area contributed by atoms with E-state index < -0.39 is 0 Å². The van der Waals surface area contributed by atoms with Crippen molar-refractivity contribution in [2.45, 2.75) is 40.0 Å². The van der Waals surface area contributed by atoms with Crippen LogP contribution in [0.2, 0.25) is 0 Å². The SMILES string of the molecule is CCC(C=C(Cl)Cl)(CC)CC. The molecule has 0 aromatic heterocycles. The molecule has 0 radical (unpaired) electrons. The highest BCUT2D eigenvalue weighted by Crippen LogP contribution is 2.34. The molecule has 0 heterocycles. The van der Waals surface area contributed by atoms with Crippen LogP contribution in [0.1, 0.15) is 40.0 Å². The van der Waals surface area contributed by atoms with Crippen LogP contribution in [0.25, 0.3) is 0 Å². The first-order chi connectivity index (χ1) is 5.10. The predicted molar refractivity (Wildman–Crippen MR) is 53.1 cm³/mol. The number of hydrogen-bond acceptors (Lipinski definition) is 0. The molecule has 0 aromatic rings. The first-order valence-electron chi connectivity index (χ1n) is 4.14. The van der Waals surface area contributed by atoms with Crippen molar-refractivity contribution < 1.29 is 0 Å². The summed E-state index contributed by atoms with van der Waals surface area (Å²) in [6.45, 7) is 6.50. The van der Waals surface area contributed by atoms with Gasteiger partial charge in [0.1, 0.15) is 4.49 Å². The van der Waals surface area contributed by atoms with E-state index in [0.717, 1.165) is 19.3 Å². The van der Waals surface area contributed by atoms with Crippen LogP contribution < -0.4 is 0 Å². The summed E-state index contributed by atoms with van der Waals surface area (Å²) in [5.41, 5.74) is 0.221. The zero-order valence-electron chi connectivity index (χ0n) is 7.45. The lowest BCUT2D eigenvalue weighted by Gasteiger charge is -2.26. The fraction of sp³-hybridized carbons (Fsp3) is 0.778. The molecule has 0 nitrogen and oxygen atoms in total. The van der Waals surface area contributed by atoms with Gasteiger partial charge in [-0.3, -0.25) is 0 Å². The third-order valence-electron chi connectivity index (χ3n) is 2.53. The molecule has 0 aromatic carbocycles. The van der Waals surface area contributed by atoms with E-state index >= 15 is 0 Å². The Morgan fingerprint density at radius 1 is 1.09 bits per heavy atom. The van der Waals surface area contributed by atoms with Crippen LogP contribution >= 0.6 is 23.2 Å². The molecule has 0 amide bonds. The zero-order chi connectivity index (χ0) is 8.91. The summed E-state index contributed by atoms with van der Waals surface area (Å²) >= 11 is 11.2. The fourth-order valence-corrected chi connectivity index (χ4v) is 1.75. The van der Waals surface area contributed by atoms with Gasteiger partial charge in [-0.1, -0.05) is 44.0 Å². The molecule has 0 N–H and O–H groups in total. The second kappa shape index (κ2) is 5.05. The molecule has 0 saturated carbocycles. The summed E-state index contributed by atoms with van der Waals surface area (Å²) < 4.78 is 0.399. The minimum Gasteiger partial charge on any atom is -0.0712 e. The molecule has 0 rings (SSSR count). The second-order valence-electron chi connectivity index (χ2n) is 2.86. The Labute approximate surface area is 79.6 Å². The van der Waals surface area contributed by atoms with Gasteiger partial charge >= 0.3 is 0 Å². The summed E-state index contributed by atoms with van der Waals surface area (Å²) in [4.78, 5) is 0. The van der Waals surface area contributed by atoms with Gasteiger partial charge in [0.25, 0.3) is 0 Å². The largest absolute Gasteiger partial charge is 0.103 e. The Balaban J connectivity index is 4.42. The van der Waals surface area contributed by atoms with Crippen molar-refractivity contribution in [1.29, 1.82) is 0 Å². The van der Waals surface area contributed by atoms with Gasteiger partial charge in [0.2, 0.25) is 0 Å². The van der Waals surface area contributed by atoms with Gasteiger partial charge in [0.05, 0.1) is 0 Å². The number of halogens is 2. The molecular formula is C9H16Cl2. The molecular weight excluding hydrogens is 179 g/mol. The first kappa shape index (κ1) is 11.3. The van der Waals surface area contributed by atoms with Crippen LogP contribution in [0.5, 0.6) is 0 Å². The summed E-state index contributed by atoms with van der Waals surface area (Å²) in [5, 5.41) is 0. The maximum absolute atomic E-state index is 5.62. The molecule has 66 valence electrons. The van der Waals surface area contributed by atoms with Crippen molar-refractivity contribution in [2.24, 2.45) is 5.41 Å². The van der Waals surface area contributed by atoms with Gasteiger partial charge in [-0.05, 0) is 30.8 Å². The number of rotatable bonds is 4. The summed E-state index contributed by atoms with van der Waals surface area (Å²) in [6, 6.07) is 0.